The third kappa shape index (κ3) is 2.67. The molecule has 0 spiro atoms. The number of hydrogen-bond acceptors (Lipinski definition) is 2. The van der Waals surface area contributed by atoms with Crippen LogP contribution in [0.3, 0.4) is 0 Å². The summed E-state index contributed by atoms with van der Waals surface area (Å²) >= 11 is 5.78. The lowest BCUT2D eigenvalue weighted by Gasteiger charge is -2.16. The minimum Gasteiger partial charge on any atom is -0.329 e. The Bertz CT molecular complexity index is 304. The summed E-state index contributed by atoms with van der Waals surface area (Å²) in [5, 5.41) is 3.62. The smallest absolute Gasteiger partial charge is 0.128 e. The summed E-state index contributed by atoms with van der Waals surface area (Å²) in [4.78, 5) is 0. The van der Waals surface area contributed by atoms with E-state index in [0.717, 1.165) is 6.54 Å². The van der Waals surface area contributed by atoms with Crippen LogP contribution in [-0.2, 0) is 0 Å². The highest BCUT2D eigenvalue weighted by atomic mass is 35.5. The minimum absolute atomic E-state index is 0.168. The Labute approximate surface area is 88.2 Å². The van der Waals surface area contributed by atoms with Crippen molar-refractivity contribution in [2.24, 2.45) is 5.73 Å². The van der Waals surface area contributed by atoms with E-state index in [2.05, 4.69) is 5.32 Å². The molecule has 1 atom stereocenters. The van der Waals surface area contributed by atoms with Crippen molar-refractivity contribution in [3.63, 3.8) is 0 Å². The maximum Gasteiger partial charge on any atom is 0.128 e. The van der Waals surface area contributed by atoms with Crippen molar-refractivity contribution < 1.29 is 4.39 Å². The van der Waals surface area contributed by atoms with Crippen molar-refractivity contribution in [3.8, 4) is 0 Å². The van der Waals surface area contributed by atoms with Gasteiger partial charge in [-0.2, -0.15) is 0 Å². The first-order chi connectivity index (χ1) is 6.69. The third-order valence-corrected chi connectivity index (χ3v) is 2.25. The quantitative estimate of drug-likeness (QED) is 0.809. The first-order valence-electron chi connectivity index (χ1n) is 4.57. The van der Waals surface area contributed by atoms with E-state index in [0.29, 0.717) is 17.1 Å². The molecule has 3 N–H and O–H groups in total. The predicted molar refractivity (Wildman–Crippen MR) is 56.9 cm³/mol. The molecule has 1 aromatic carbocycles. The molecular formula is C10H14ClFN2. The van der Waals surface area contributed by atoms with Crippen molar-refractivity contribution in [2.75, 3.05) is 13.1 Å². The van der Waals surface area contributed by atoms with Gasteiger partial charge >= 0.3 is 0 Å². The van der Waals surface area contributed by atoms with Crippen LogP contribution in [0, 0.1) is 5.82 Å². The Morgan fingerprint density at radius 2 is 2.29 bits per heavy atom. The molecule has 0 saturated carbocycles. The largest absolute Gasteiger partial charge is 0.329 e. The predicted octanol–water partition coefficient (Wildman–Crippen LogP) is 2.09. The average molecular weight is 217 g/mol. The van der Waals surface area contributed by atoms with Gasteiger partial charge in [-0.05, 0) is 24.7 Å². The van der Waals surface area contributed by atoms with E-state index in [1.165, 1.54) is 12.1 Å². The molecule has 0 aromatic heterocycles. The molecule has 0 aliphatic rings. The zero-order valence-electron chi connectivity index (χ0n) is 8.06. The van der Waals surface area contributed by atoms with Gasteiger partial charge in [0.05, 0.1) is 0 Å². The summed E-state index contributed by atoms with van der Waals surface area (Å²) < 4.78 is 13.4. The fourth-order valence-electron chi connectivity index (χ4n) is 1.35. The number of nitrogens with one attached hydrogen (secondary N) is 1. The number of likely N-dealkylation sites (N-methyl/N-ethyl adjacent to an activating group) is 1. The Morgan fingerprint density at radius 1 is 1.57 bits per heavy atom. The fraction of sp³-hybridized carbons (Fsp3) is 0.400. The van der Waals surface area contributed by atoms with Crippen molar-refractivity contribution >= 4 is 11.6 Å². The van der Waals surface area contributed by atoms with Gasteiger partial charge in [0.2, 0.25) is 0 Å². The number of hydrogen-bond donors (Lipinski definition) is 2. The van der Waals surface area contributed by atoms with Gasteiger partial charge in [-0.3, -0.25) is 0 Å². The lowest BCUT2D eigenvalue weighted by molar-refractivity contribution is 0.519. The second-order valence-electron chi connectivity index (χ2n) is 3.01. The Kier molecular flexibility index (Phi) is 4.32. The van der Waals surface area contributed by atoms with Crippen LogP contribution in [-0.4, -0.2) is 13.1 Å². The molecule has 1 unspecified atom stereocenters. The van der Waals surface area contributed by atoms with E-state index in [1.54, 1.807) is 6.07 Å². The fourth-order valence-corrected chi connectivity index (χ4v) is 1.53. The molecule has 0 bridgehead atoms. The highest BCUT2D eigenvalue weighted by Crippen LogP contribution is 2.20. The van der Waals surface area contributed by atoms with Gasteiger partial charge < -0.3 is 11.1 Å². The van der Waals surface area contributed by atoms with Gasteiger partial charge in [0.15, 0.2) is 0 Å². The second-order valence-corrected chi connectivity index (χ2v) is 3.45. The van der Waals surface area contributed by atoms with Crippen molar-refractivity contribution in [1.29, 1.82) is 0 Å². The summed E-state index contributed by atoms with van der Waals surface area (Å²) in [6.07, 6.45) is 0. The first-order valence-corrected chi connectivity index (χ1v) is 4.95. The number of rotatable bonds is 4. The Hall–Kier alpha value is -0.640. The van der Waals surface area contributed by atoms with Crippen LogP contribution in [0.1, 0.15) is 18.5 Å². The second kappa shape index (κ2) is 5.29. The SMILES string of the molecule is CCNC(CN)c1cc(Cl)ccc1F. The van der Waals surface area contributed by atoms with Gasteiger partial charge in [0.25, 0.3) is 0 Å². The maximum absolute atomic E-state index is 13.4. The molecule has 0 radical (unpaired) electrons. The molecular weight excluding hydrogens is 203 g/mol. The topological polar surface area (TPSA) is 38.0 Å². The van der Waals surface area contributed by atoms with Gasteiger partial charge in [-0.25, -0.2) is 4.39 Å². The number of nitrogens with two attached hydrogens (primary N) is 1. The minimum atomic E-state index is -0.272. The van der Waals surface area contributed by atoms with E-state index in [1.807, 2.05) is 6.92 Å². The summed E-state index contributed by atoms with van der Waals surface area (Å²) in [7, 11) is 0. The number of halogens is 2. The third-order valence-electron chi connectivity index (χ3n) is 2.02. The Balaban J connectivity index is 2.96. The van der Waals surface area contributed by atoms with Crippen molar-refractivity contribution in [3.05, 3.63) is 34.6 Å². The molecule has 0 saturated heterocycles. The van der Waals surface area contributed by atoms with Gasteiger partial charge in [-0.15, -0.1) is 0 Å². The summed E-state index contributed by atoms with van der Waals surface area (Å²) in [5.74, 6) is -0.272. The maximum atomic E-state index is 13.4. The van der Waals surface area contributed by atoms with E-state index >= 15 is 0 Å². The van der Waals surface area contributed by atoms with Crippen LogP contribution >= 0.6 is 11.6 Å². The van der Waals surface area contributed by atoms with E-state index < -0.39 is 0 Å². The van der Waals surface area contributed by atoms with Crippen LogP contribution in [0.15, 0.2) is 18.2 Å². The lowest BCUT2D eigenvalue weighted by Crippen LogP contribution is -2.28. The molecule has 4 heteroatoms. The highest BCUT2D eigenvalue weighted by Gasteiger charge is 2.13. The van der Waals surface area contributed by atoms with E-state index in [-0.39, 0.29) is 11.9 Å². The molecule has 0 fully saturated rings. The monoisotopic (exact) mass is 216 g/mol. The molecule has 14 heavy (non-hydrogen) atoms. The first kappa shape index (κ1) is 11.4. The van der Waals surface area contributed by atoms with Gasteiger partial charge in [-0.1, -0.05) is 18.5 Å². The normalized spacial score (nSPS) is 12.9. The molecule has 0 aliphatic carbocycles. The van der Waals surface area contributed by atoms with Crippen LogP contribution in [0.25, 0.3) is 0 Å². The van der Waals surface area contributed by atoms with E-state index in [9.17, 15) is 4.39 Å². The molecule has 1 aromatic rings. The van der Waals surface area contributed by atoms with Gasteiger partial charge in [0, 0.05) is 23.2 Å². The molecule has 78 valence electrons. The van der Waals surface area contributed by atoms with Crippen LogP contribution in [0.5, 0.6) is 0 Å². The summed E-state index contributed by atoms with van der Waals surface area (Å²) in [6.45, 7) is 3.05. The standard InChI is InChI=1S/C10H14ClFN2/c1-2-14-10(6-13)8-5-7(11)3-4-9(8)12/h3-5,10,14H,2,6,13H2,1H3. The van der Waals surface area contributed by atoms with Gasteiger partial charge in [0.1, 0.15) is 5.82 Å². The molecule has 2 nitrogen and oxygen atoms in total. The van der Waals surface area contributed by atoms with E-state index in [4.69, 9.17) is 17.3 Å². The highest BCUT2D eigenvalue weighted by molar-refractivity contribution is 6.30. The molecule has 0 amide bonds. The lowest BCUT2D eigenvalue weighted by atomic mass is 10.1. The van der Waals surface area contributed by atoms with Crippen molar-refractivity contribution in [2.45, 2.75) is 13.0 Å². The van der Waals surface area contributed by atoms with Crippen LogP contribution in [0.2, 0.25) is 5.02 Å². The van der Waals surface area contributed by atoms with Crippen LogP contribution < -0.4 is 11.1 Å². The zero-order chi connectivity index (χ0) is 10.6. The molecule has 0 aliphatic heterocycles. The molecule has 1 rings (SSSR count). The Morgan fingerprint density at radius 3 is 2.86 bits per heavy atom. The zero-order valence-corrected chi connectivity index (χ0v) is 8.81. The molecule has 0 heterocycles. The average Bonchev–Trinajstić information content (AvgIpc) is 2.18. The van der Waals surface area contributed by atoms with Crippen LogP contribution in [0.4, 0.5) is 4.39 Å². The summed E-state index contributed by atoms with van der Waals surface area (Å²) in [5.41, 5.74) is 6.07. The number of benzene rings is 1. The summed E-state index contributed by atoms with van der Waals surface area (Å²) in [6, 6.07) is 4.33. The van der Waals surface area contributed by atoms with Crippen molar-refractivity contribution in [1.82, 2.24) is 5.32 Å².